The third-order valence-electron chi connectivity index (χ3n) is 10.4. The largest absolute Gasteiger partial charge is 0.443 e. The number of ether oxygens (including phenoxy) is 4. The van der Waals surface area contributed by atoms with Crippen molar-refractivity contribution in [2.75, 3.05) is 19.5 Å². The van der Waals surface area contributed by atoms with Crippen molar-refractivity contribution in [2.45, 2.75) is 70.5 Å². The first-order chi connectivity index (χ1) is 30.0. The number of rotatable bonds is 23. The van der Waals surface area contributed by atoms with E-state index in [4.69, 9.17) is 32.8 Å². The molecule has 324 valence electrons. The van der Waals surface area contributed by atoms with E-state index < -0.39 is 41.8 Å². The number of hydrogen-bond acceptors (Lipinski definition) is 9. The molecule has 0 N–H and O–H groups in total. The Morgan fingerprint density at radius 1 is 0.548 bits per heavy atom. The molecule has 11 heteroatoms. The lowest BCUT2D eigenvalue weighted by Gasteiger charge is -2.41. The zero-order valence-electron chi connectivity index (χ0n) is 35.9. The molecule has 0 aliphatic heterocycles. The van der Waals surface area contributed by atoms with Gasteiger partial charge in [-0.3, -0.25) is 4.18 Å². The Balaban J connectivity index is 1.52. The molecule has 0 radical (unpaired) electrons. The fraction of sp³-hybridized carbons (Fsp3) is 0.275. The molecule has 0 unspecified atom stereocenters. The van der Waals surface area contributed by atoms with Crippen LogP contribution >= 0.6 is 0 Å². The minimum Gasteiger partial charge on any atom is -0.443 e. The van der Waals surface area contributed by atoms with Crippen molar-refractivity contribution < 1.29 is 36.1 Å². The van der Waals surface area contributed by atoms with E-state index in [0.29, 0.717) is 5.71 Å². The van der Waals surface area contributed by atoms with E-state index in [0.717, 1.165) is 38.9 Å². The minimum absolute atomic E-state index is 0.0178. The Morgan fingerprint density at radius 3 is 1.35 bits per heavy atom. The Bertz CT molecular complexity index is 2290. The minimum atomic E-state index is -3.91. The van der Waals surface area contributed by atoms with Crippen LogP contribution in [0.2, 0.25) is 5.04 Å². The molecule has 6 aromatic rings. The van der Waals surface area contributed by atoms with E-state index in [-0.39, 0.29) is 39.6 Å². The smallest absolute Gasteiger partial charge is 0.354 e. The van der Waals surface area contributed by atoms with E-state index in [2.05, 4.69) is 45.0 Å². The molecule has 3 atom stereocenters. The monoisotopic (exact) mass is 871 g/mol. The fourth-order valence-electron chi connectivity index (χ4n) is 7.26. The van der Waals surface area contributed by atoms with Gasteiger partial charge in [0, 0.05) is 5.04 Å². The van der Waals surface area contributed by atoms with Crippen LogP contribution in [0, 0.1) is 0 Å². The summed E-state index contributed by atoms with van der Waals surface area (Å²) in [5.41, 5.74) is 4.06. The zero-order chi connectivity index (χ0) is 43.7. The van der Waals surface area contributed by atoms with Crippen molar-refractivity contribution in [1.29, 1.82) is 0 Å². The van der Waals surface area contributed by atoms with Gasteiger partial charge in [0.2, 0.25) is 0 Å². The van der Waals surface area contributed by atoms with Crippen LogP contribution in [-0.2, 0) is 64.2 Å². The lowest BCUT2D eigenvalue weighted by Crippen LogP contribution is -2.66. The van der Waals surface area contributed by atoms with Gasteiger partial charge >= 0.3 is 8.32 Å². The maximum atomic E-state index is 12.7. The average molecular weight is 872 g/mol. The summed E-state index contributed by atoms with van der Waals surface area (Å²) < 4.78 is 65.2. The first-order valence-electron chi connectivity index (χ1n) is 20.8. The molecule has 0 aliphatic carbocycles. The maximum absolute atomic E-state index is 12.7. The molecule has 0 bridgehead atoms. The van der Waals surface area contributed by atoms with Crippen LogP contribution < -0.4 is 10.4 Å². The fourth-order valence-corrected chi connectivity index (χ4v) is 11.8. The molecule has 0 spiro atoms. The van der Waals surface area contributed by atoms with Gasteiger partial charge in [-0.25, -0.2) is 0 Å². The Labute approximate surface area is 368 Å². The summed E-state index contributed by atoms with van der Waals surface area (Å²) in [5.74, 6) is 0. The van der Waals surface area contributed by atoms with Crippen molar-refractivity contribution >= 4 is 34.5 Å². The van der Waals surface area contributed by atoms with Gasteiger partial charge in [0.05, 0.1) is 45.9 Å². The second-order valence-electron chi connectivity index (χ2n) is 16.1. The van der Waals surface area contributed by atoms with Gasteiger partial charge in [0.25, 0.3) is 10.1 Å². The summed E-state index contributed by atoms with van der Waals surface area (Å²) in [5, 5.41) is 6.84. The standard InChI is InChI=1S/C51H57NO8SSi/c1-51(2,3)62(45-31-19-9-20-32-45,46-33-21-10-22-34-46)60-52-47(39-55-35-41-23-11-5-12-24-41)49(57-37-43-27-15-7-16-28-43)50(58-38-44-29-17-8-18-30-44)48(40-59-61(4,53)54)56-36-42-25-13-6-14-26-42/h5-34,48-50H,35-40H2,1-4H3/b52-47+/t48-,49-,50-/m1/s1. The maximum Gasteiger partial charge on any atom is 0.354 e. The molecule has 0 aliphatic rings. The van der Waals surface area contributed by atoms with E-state index >= 15 is 0 Å². The van der Waals surface area contributed by atoms with E-state index in [1.165, 1.54) is 0 Å². The molecule has 0 amide bonds. The van der Waals surface area contributed by atoms with Crippen molar-refractivity contribution in [3.63, 3.8) is 0 Å². The predicted molar refractivity (Wildman–Crippen MR) is 248 cm³/mol. The van der Waals surface area contributed by atoms with Crippen molar-refractivity contribution in [1.82, 2.24) is 0 Å². The Kier molecular flexibility index (Phi) is 17.0. The van der Waals surface area contributed by atoms with Crippen molar-refractivity contribution in [3.8, 4) is 0 Å². The van der Waals surface area contributed by atoms with E-state index in [1.54, 1.807) is 0 Å². The average Bonchev–Trinajstić information content (AvgIpc) is 3.29. The van der Waals surface area contributed by atoms with Crippen LogP contribution in [0.3, 0.4) is 0 Å². The van der Waals surface area contributed by atoms with Crippen LogP contribution in [0.4, 0.5) is 0 Å². The highest BCUT2D eigenvalue weighted by atomic mass is 32.2. The van der Waals surface area contributed by atoms with Gasteiger partial charge < -0.3 is 23.5 Å². The van der Waals surface area contributed by atoms with E-state index in [9.17, 15) is 8.42 Å². The van der Waals surface area contributed by atoms with Crippen molar-refractivity contribution in [2.24, 2.45) is 5.16 Å². The molecule has 0 saturated carbocycles. The quantitative estimate of drug-likeness (QED) is 0.0273. The van der Waals surface area contributed by atoms with Gasteiger partial charge in [-0.1, -0.05) is 203 Å². The third kappa shape index (κ3) is 13.4. The number of benzene rings is 6. The topological polar surface area (TPSA) is 102 Å². The highest BCUT2D eigenvalue weighted by Gasteiger charge is 2.53. The first-order valence-corrected chi connectivity index (χ1v) is 24.5. The summed E-state index contributed by atoms with van der Waals surface area (Å²) in [4.78, 5) is 0. The van der Waals surface area contributed by atoms with Gasteiger partial charge in [0.1, 0.15) is 24.0 Å². The number of hydrogen-bond donors (Lipinski definition) is 0. The molecule has 6 rings (SSSR count). The molecule has 9 nitrogen and oxygen atoms in total. The summed E-state index contributed by atoms with van der Waals surface area (Å²) in [7, 11) is -7.16. The molecular weight excluding hydrogens is 815 g/mol. The second-order valence-corrected chi connectivity index (χ2v) is 22.0. The van der Waals surface area contributed by atoms with Gasteiger partial charge in [-0.05, 0) is 32.6 Å². The molecular formula is C51H57NO8SSi. The second kappa shape index (κ2) is 22.7. The van der Waals surface area contributed by atoms with Crippen LogP contribution in [0.25, 0.3) is 0 Å². The molecule has 0 fully saturated rings. The molecule has 0 aromatic heterocycles. The first kappa shape index (κ1) is 46.3. The van der Waals surface area contributed by atoms with Gasteiger partial charge in [-0.15, -0.1) is 5.16 Å². The third-order valence-corrected chi connectivity index (χ3v) is 15.7. The van der Waals surface area contributed by atoms with Crippen LogP contribution in [0.5, 0.6) is 0 Å². The molecule has 0 heterocycles. The Hall–Kier alpha value is -5.24. The Morgan fingerprint density at radius 2 is 0.935 bits per heavy atom. The SMILES string of the molecule is CC(C)(C)[Si](O/N=C(\COCc1ccccc1)[C@@H](OCc1ccccc1)[C@H](OCc1ccccc1)[C@@H](COS(C)(=O)=O)OCc1ccccc1)(c1ccccc1)c1ccccc1. The number of oxime groups is 1. The van der Waals surface area contributed by atoms with E-state index in [1.807, 2.05) is 158 Å². The molecule has 0 saturated heterocycles. The van der Waals surface area contributed by atoms with Crippen LogP contribution in [-0.4, -0.2) is 60.2 Å². The predicted octanol–water partition coefficient (Wildman–Crippen LogP) is 8.87. The van der Waals surface area contributed by atoms with Crippen LogP contribution in [0.1, 0.15) is 43.0 Å². The van der Waals surface area contributed by atoms with Gasteiger partial charge in [0.15, 0.2) is 0 Å². The summed E-state index contributed by atoms with van der Waals surface area (Å²) in [6, 6.07) is 59.7. The highest BCUT2D eigenvalue weighted by Crippen LogP contribution is 2.37. The highest BCUT2D eigenvalue weighted by molar-refractivity contribution is 7.86. The zero-order valence-corrected chi connectivity index (χ0v) is 37.7. The summed E-state index contributed by atoms with van der Waals surface area (Å²) >= 11 is 0. The lowest BCUT2D eigenvalue weighted by atomic mass is 10.0. The lowest BCUT2D eigenvalue weighted by molar-refractivity contribution is -0.143. The summed E-state index contributed by atoms with van der Waals surface area (Å²) in [6.07, 6.45) is -1.96. The normalized spacial score (nSPS) is 13.9. The van der Waals surface area contributed by atoms with Crippen LogP contribution in [0.15, 0.2) is 187 Å². The van der Waals surface area contributed by atoms with Gasteiger partial charge in [-0.2, -0.15) is 8.42 Å². The number of nitrogens with zero attached hydrogens (tertiary/aromatic N) is 1. The summed E-state index contributed by atoms with van der Waals surface area (Å²) in [6.45, 7) is 6.92. The van der Waals surface area contributed by atoms with Crippen molar-refractivity contribution in [3.05, 3.63) is 204 Å². The molecule has 62 heavy (non-hydrogen) atoms. The molecule has 6 aromatic carbocycles.